The zero-order chi connectivity index (χ0) is 15.9. The SMILES string of the molecule is NC(N)=NN=Cc1cccc(OCc2ccc(F)cc2Cl)c1. The summed E-state index contributed by atoms with van der Waals surface area (Å²) in [6.45, 7) is 0.230. The van der Waals surface area contributed by atoms with Crippen LogP contribution in [0.15, 0.2) is 52.7 Å². The number of nitrogens with zero attached hydrogens (tertiary/aromatic N) is 2. The van der Waals surface area contributed by atoms with Crippen molar-refractivity contribution in [3.63, 3.8) is 0 Å². The minimum absolute atomic E-state index is 0.116. The zero-order valence-corrected chi connectivity index (χ0v) is 12.3. The van der Waals surface area contributed by atoms with Gasteiger partial charge in [-0.3, -0.25) is 0 Å². The molecule has 2 aromatic carbocycles. The van der Waals surface area contributed by atoms with E-state index in [1.54, 1.807) is 24.3 Å². The van der Waals surface area contributed by atoms with E-state index >= 15 is 0 Å². The Morgan fingerprint density at radius 1 is 1.23 bits per heavy atom. The molecule has 0 aliphatic carbocycles. The number of hydrogen-bond acceptors (Lipinski definition) is 3. The van der Waals surface area contributed by atoms with Crippen LogP contribution in [0.25, 0.3) is 0 Å². The largest absolute Gasteiger partial charge is 0.489 e. The van der Waals surface area contributed by atoms with Gasteiger partial charge in [0.15, 0.2) is 0 Å². The van der Waals surface area contributed by atoms with Crippen LogP contribution in [0, 0.1) is 5.82 Å². The van der Waals surface area contributed by atoms with Crippen LogP contribution in [0.1, 0.15) is 11.1 Å². The van der Waals surface area contributed by atoms with E-state index in [4.69, 9.17) is 27.8 Å². The first kappa shape index (κ1) is 15.8. The molecule has 4 N–H and O–H groups in total. The second-order valence-corrected chi connectivity index (χ2v) is 4.77. The summed E-state index contributed by atoms with van der Waals surface area (Å²) < 4.78 is 18.6. The van der Waals surface area contributed by atoms with Gasteiger partial charge in [-0.15, -0.1) is 5.10 Å². The van der Waals surface area contributed by atoms with Crippen molar-refractivity contribution in [2.24, 2.45) is 21.7 Å². The Morgan fingerprint density at radius 3 is 2.77 bits per heavy atom. The predicted molar refractivity (Wildman–Crippen MR) is 85.6 cm³/mol. The molecule has 0 fully saturated rings. The summed E-state index contributed by atoms with van der Waals surface area (Å²) in [5.74, 6) is 0.121. The van der Waals surface area contributed by atoms with E-state index in [0.29, 0.717) is 16.3 Å². The van der Waals surface area contributed by atoms with Crippen LogP contribution >= 0.6 is 11.6 Å². The molecule has 0 radical (unpaired) electrons. The van der Waals surface area contributed by atoms with Crippen LogP contribution in [0.2, 0.25) is 5.02 Å². The van der Waals surface area contributed by atoms with Gasteiger partial charge in [-0.05, 0) is 29.8 Å². The van der Waals surface area contributed by atoms with Gasteiger partial charge >= 0.3 is 0 Å². The maximum atomic E-state index is 13.0. The van der Waals surface area contributed by atoms with E-state index in [0.717, 1.165) is 5.56 Å². The van der Waals surface area contributed by atoms with Crippen LogP contribution < -0.4 is 16.2 Å². The summed E-state index contributed by atoms with van der Waals surface area (Å²) in [4.78, 5) is 0. The van der Waals surface area contributed by atoms with Crippen LogP contribution in [0.3, 0.4) is 0 Å². The number of ether oxygens (including phenoxy) is 1. The van der Waals surface area contributed by atoms with E-state index in [2.05, 4.69) is 10.2 Å². The van der Waals surface area contributed by atoms with Crippen LogP contribution in [-0.4, -0.2) is 12.2 Å². The van der Waals surface area contributed by atoms with Gasteiger partial charge in [0.2, 0.25) is 5.96 Å². The molecule has 7 heteroatoms. The number of nitrogens with two attached hydrogens (primary N) is 2. The van der Waals surface area contributed by atoms with Crippen molar-refractivity contribution in [2.45, 2.75) is 6.61 Å². The average Bonchev–Trinajstić information content (AvgIpc) is 2.46. The first-order chi connectivity index (χ1) is 10.5. The first-order valence-corrected chi connectivity index (χ1v) is 6.71. The Labute approximate surface area is 132 Å². The molecule has 0 aromatic heterocycles. The van der Waals surface area contributed by atoms with Gasteiger partial charge in [-0.2, -0.15) is 5.10 Å². The number of benzene rings is 2. The molecule has 2 aromatic rings. The number of hydrogen-bond donors (Lipinski definition) is 2. The highest BCUT2D eigenvalue weighted by Crippen LogP contribution is 2.20. The minimum Gasteiger partial charge on any atom is -0.489 e. The third-order valence-corrected chi connectivity index (χ3v) is 3.00. The molecule has 0 unspecified atom stereocenters. The second-order valence-electron chi connectivity index (χ2n) is 4.37. The van der Waals surface area contributed by atoms with Gasteiger partial charge in [-0.1, -0.05) is 29.8 Å². The standard InChI is InChI=1S/C15H14ClFN4O/c16-14-7-12(17)5-4-11(14)9-22-13-3-1-2-10(6-13)8-20-21-15(18)19/h1-8H,9H2,(H4,18,19,21). The Bertz CT molecular complexity index is 714. The molecule has 22 heavy (non-hydrogen) atoms. The maximum absolute atomic E-state index is 13.0. The fourth-order valence-corrected chi connectivity index (χ4v) is 1.87. The molecular formula is C15H14ClFN4O. The highest BCUT2D eigenvalue weighted by atomic mass is 35.5. The molecule has 5 nitrogen and oxygen atoms in total. The molecule has 0 atom stereocenters. The minimum atomic E-state index is -0.383. The molecule has 0 saturated heterocycles. The fourth-order valence-electron chi connectivity index (χ4n) is 1.65. The second kappa shape index (κ2) is 7.42. The molecule has 0 amide bonds. The molecule has 0 bridgehead atoms. The van der Waals surface area contributed by atoms with Crippen molar-refractivity contribution in [1.82, 2.24) is 0 Å². The molecular weight excluding hydrogens is 307 g/mol. The van der Waals surface area contributed by atoms with Crippen LogP contribution in [0.5, 0.6) is 5.75 Å². The van der Waals surface area contributed by atoms with Crippen molar-refractivity contribution in [3.8, 4) is 5.75 Å². The fraction of sp³-hybridized carbons (Fsp3) is 0.0667. The van der Waals surface area contributed by atoms with Gasteiger partial charge in [0, 0.05) is 5.56 Å². The number of halogens is 2. The van der Waals surface area contributed by atoms with E-state index < -0.39 is 0 Å². The lowest BCUT2D eigenvalue weighted by Gasteiger charge is -2.08. The van der Waals surface area contributed by atoms with Crippen molar-refractivity contribution in [2.75, 3.05) is 0 Å². The summed E-state index contributed by atoms with van der Waals surface area (Å²) in [5.41, 5.74) is 11.8. The highest BCUT2D eigenvalue weighted by molar-refractivity contribution is 6.31. The Hall–Kier alpha value is -2.60. The summed E-state index contributed by atoms with van der Waals surface area (Å²) >= 11 is 5.95. The summed E-state index contributed by atoms with van der Waals surface area (Å²) in [6.07, 6.45) is 1.50. The van der Waals surface area contributed by atoms with E-state index in [1.807, 2.05) is 6.07 Å². The lowest BCUT2D eigenvalue weighted by atomic mass is 10.2. The Morgan fingerprint density at radius 2 is 2.05 bits per heavy atom. The molecule has 0 heterocycles. The van der Waals surface area contributed by atoms with Crippen molar-refractivity contribution in [1.29, 1.82) is 0 Å². The molecule has 2 rings (SSSR count). The van der Waals surface area contributed by atoms with E-state index in [-0.39, 0.29) is 18.4 Å². The van der Waals surface area contributed by atoms with E-state index in [1.165, 1.54) is 18.3 Å². The maximum Gasteiger partial charge on any atom is 0.211 e. The van der Waals surface area contributed by atoms with Crippen molar-refractivity contribution < 1.29 is 9.13 Å². The van der Waals surface area contributed by atoms with Gasteiger partial charge < -0.3 is 16.2 Å². The normalized spacial score (nSPS) is 10.6. The number of guanidine groups is 1. The average molecular weight is 321 g/mol. The lowest BCUT2D eigenvalue weighted by Crippen LogP contribution is -2.21. The predicted octanol–water partition coefficient (Wildman–Crippen LogP) is 2.67. The lowest BCUT2D eigenvalue weighted by molar-refractivity contribution is 0.306. The highest BCUT2D eigenvalue weighted by Gasteiger charge is 2.03. The van der Waals surface area contributed by atoms with Crippen LogP contribution in [0.4, 0.5) is 4.39 Å². The quantitative estimate of drug-likeness (QED) is 0.504. The topological polar surface area (TPSA) is 86.0 Å². The van der Waals surface area contributed by atoms with Crippen molar-refractivity contribution in [3.05, 3.63) is 64.4 Å². The molecule has 0 aliphatic heterocycles. The smallest absolute Gasteiger partial charge is 0.211 e. The third kappa shape index (κ3) is 4.75. The summed E-state index contributed by atoms with van der Waals surface area (Å²) in [6, 6.07) is 11.4. The van der Waals surface area contributed by atoms with E-state index in [9.17, 15) is 4.39 Å². The summed E-state index contributed by atoms with van der Waals surface area (Å²) in [7, 11) is 0. The van der Waals surface area contributed by atoms with Gasteiger partial charge in [0.25, 0.3) is 0 Å². The summed E-state index contributed by atoms with van der Waals surface area (Å²) in [5, 5.41) is 7.55. The molecule has 0 aliphatic rings. The Balaban J connectivity index is 2.04. The zero-order valence-electron chi connectivity index (χ0n) is 11.5. The Kier molecular flexibility index (Phi) is 5.32. The van der Waals surface area contributed by atoms with Gasteiger partial charge in [-0.25, -0.2) is 4.39 Å². The number of rotatable bonds is 5. The van der Waals surface area contributed by atoms with Gasteiger partial charge in [0.1, 0.15) is 18.2 Å². The van der Waals surface area contributed by atoms with Crippen molar-refractivity contribution >= 4 is 23.8 Å². The molecule has 0 spiro atoms. The third-order valence-electron chi connectivity index (χ3n) is 2.65. The van der Waals surface area contributed by atoms with Crippen LogP contribution in [-0.2, 0) is 6.61 Å². The van der Waals surface area contributed by atoms with Gasteiger partial charge in [0.05, 0.1) is 11.2 Å². The first-order valence-electron chi connectivity index (χ1n) is 6.33. The molecule has 114 valence electrons. The molecule has 0 saturated carbocycles. The monoisotopic (exact) mass is 320 g/mol.